The lowest BCUT2D eigenvalue weighted by Crippen LogP contribution is -2.54. The third kappa shape index (κ3) is 4.51. The number of hydrogen-bond acceptors (Lipinski definition) is 5. The maximum Gasteiger partial charge on any atom is 0.272 e. The summed E-state index contributed by atoms with van der Waals surface area (Å²) in [6.45, 7) is 3.43. The van der Waals surface area contributed by atoms with E-state index < -0.39 is 5.41 Å². The maximum atomic E-state index is 13.4. The molecule has 32 heavy (non-hydrogen) atoms. The summed E-state index contributed by atoms with van der Waals surface area (Å²) in [6, 6.07) is 13.3. The summed E-state index contributed by atoms with van der Waals surface area (Å²) >= 11 is 0. The van der Waals surface area contributed by atoms with Gasteiger partial charge in [-0.05, 0) is 49.4 Å². The van der Waals surface area contributed by atoms with Gasteiger partial charge in [0.15, 0.2) is 0 Å². The van der Waals surface area contributed by atoms with Gasteiger partial charge in [0.2, 0.25) is 5.91 Å². The maximum absolute atomic E-state index is 13.4. The molecule has 0 radical (unpaired) electrons. The Bertz CT molecular complexity index is 1070. The molecule has 1 N–H and O–H groups in total. The first-order valence-corrected chi connectivity index (χ1v) is 10.9. The Kier molecular flexibility index (Phi) is 6.54. The predicted octanol–water partition coefficient (Wildman–Crippen LogP) is 3.14. The highest BCUT2D eigenvalue weighted by Gasteiger charge is 2.44. The van der Waals surface area contributed by atoms with Gasteiger partial charge in [0.25, 0.3) is 5.91 Å². The lowest BCUT2D eigenvalue weighted by molar-refractivity contribution is -0.133. The summed E-state index contributed by atoms with van der Waals surface area (Å²) in [7, 11) is 0. The van der Waals surface area contributed by atoms with Crippen molar-refractivity contribution in [3.63, 3.8) is 0 Å². The highest BCUT2D eigenvalue weighted by Crippen LogP contribution is 2.37. The minimum atomic E-state index is -0.718. The molecule has 0 unspecified atom stereocenters. The molecule has 0 aliphatic carbocycles. The second kappa shape index (κ2) is 9.68. The van der Waals surface area contributed by atoms with E-state index in [0.29, 0.717) is 38.2 Å². The van der Waals surface area contributed by atoms with Crippen molar-refractivity contribution in [1.29, 1.82) is 0 Å². The van der Waals surface area contributed by atoms with Gasteiger partial charge in [0, 0.05) is 43.8 Å². The van der Waals surface area contributed by atoms with Crippen molar-refractivity contribution in [2.75, 3.05) is 19.6 Å². The zero-order chi connectivity index (χ0) is 22.4. The standard InChI is InChI=1S/C25H27N5O2/c1-2-28-24(32)25(11-7-13-30(17-25)23(31)22-10-5-6-12-29-22)14-19-8-3-4-9-21(19)20-15-26-18-27-16-20/h3-6,8-10,12,15-16,18H,2,7,11,13-14,17H2,1H3,(H,28,32)/t25-/m0/s1. The van der Waals surface area contributed by atoms with Crippen LogP contribution in [0.2, 0.25) is 0 Å². The number of benzene rings is 1. The number of carbonyl (C=O) groups excluding carboxylic acids is 2. The fraction of sp³-hybridized carbons (Fsp3) is 0.320. The van der Waals surface area contributed by atoms with Crippen LogP contribution in [-0.2, 0) is 11.2 Å². The van der Waals surface area contributed by atoms with E-state index in [-0.39, 0.29) is 11.8 Å². The van der Waals surface area contributed by atoms with Crippen molar-refractivity contribution in [3.05, 3.63) is 78.6 Å². The highest BCUT2D eigenvalue weighted by atomic mass is 16.2. The summed E-state index contributed by atoms with van der Waals surface area (Å²) in [5.74, 6) is -0.152. The molecular formula is C25H27N5O2. The van der Waals surface area contributed by atoms with E-state index in [4.69, 9.17) is 0 Å². The molecule has 1 aliphatic rings. The van der Waals surface area contributed by atoms with Crippen LogP contribution in [0.3, 0.4) is 0 Å². The molecular weight excluding hydrogens is 402 g/mol. The first-order chi connectivity index (χ1) is 15.6. The third-order valence-corrected chi connectivity index (χ3v) is 5.98. The predicted molar refractivity (Wildman–Crippen MR) is 122 cm³/mol. The van der Waals surface area contributed by atoms with Crippen molar-refractivity contribution in [3.8, 4) is 11.1 Å². The largest absolute Gasteiger partial charge is 0.356 e. The number of carbonyl (C=O) groups is 2. The van der Waals surface area contributed by atoms with Crippen molar-refractivity contribution < 1.29 is 9.59 Å². The van der Waals surface area contributed by atoms with Crippen LogP contribution in [0.15, 0.2) is 67.4 Å². The first-order valence-electron chi connectivity index (χ1n) is 10.9. The minimum Gasteiger partial charge on any atom is -0.356 e. The molecule has 7 heteroatoms. The van der Waals surface area contributed by atoms with Crippen LogP contribution in [0.4, 0.5) is 0 Å². The van der Waals surface area contributed by atoms with E-state index in [9.17, 15) is 9.59 Å². The number of aromatic nitrogens is 3. The van der Waals surface area contributed by atoms with Crippen molar-refractivity contribution in [2.24, 2.45) is 5.41 Å². The molecule has 164 valence electrons. The van der Waals surface area contributed by atoms with Gasteiger partial charge < -0.3 is 10.2 Å². The second-order valence-corrected chi connectivity index (χ2v) is 8.15. The SMILES string of the molecule is CCNC(=O)[C@]1(Cc2ccccc2-c2cncnc2)CCCN(C(=O)c2ccccn2)C1. The Morgan fingerprint density at radius 2 is 1.88 bits per heavy atom. The molecule has 1 fully saturated rings. The number of piperidine rings is 1. The zero-order valence-electron chi connectivity index (χ0n) is 18.2. The van der Waals surface area contributed by atoms with Gasteiger partial charge in [-0.25, -0.2) is 9.97 Å². The van der Waals surface area contributed by atoms with Crippen LogP contribution < -0.4 is 5.32 Å². The van der Waals surface area contributed by atoms with Gasteiger partial charge in [-0.2, -0.15) is 0 Å². The van der Waals surface area contributed by atoms with E-state index in [1.54, 1.807) is 41.7 Å². The average molecular weight is 430 g/mol. The van der Waals surface area contributed by atoms with Gasteiger partial charge >= 0.3 is 0 Å². The molecule has 0 bridgehead atoms. The fourth-order valence-electron chi connectivity index (χ4n) is 4.47. The summed E-state index contributed by atoms with van der Waals surface area (Å²) in [4.78, 5) is 40.8. The number of nitrogens with one attached hydrogen (secondary N) is 1. The summed E-state index contributed by atoms with van der Waals surface area (Å²) in [5, 5.41) is 3.02. The van der Waals surface area contributed by atoms with Gasteiger partial charge in [-0.1, -0.05) is 30.3 Å². The molecule has 3 heterocycles. The molecule has 7 nitrogen and oxygen atoms in total. The van der Waals surface area contributed by atoms with E-state index >= 15 is 0 Å². The molecule has 2 amide bonds. The van der Waals surface area contributed by atoms with E-state index in [1.165, 1.54) is 6.33 Å². The summed E-state index contributed by atoms with van der Waals surface area (Å²) in [5.41, 5.74) is 2.64. The molecule has 0 saturated carbocycles. The number of nitrogens with zero attached hydrogens (tertiary/aromatic N) is 4. The highest BCUT2D eigenvalue weighted by molar-refractivity contribution is 5.93. The van der Waals surface area contributed by atoms with Gasteiger partial charge in [-0.3, -0.25) is 14.6 Å². The fourth-order valence-corrected chi connectivity index (χ4v) is 4.47. The van der Waals surface area contributed by atoms with Crippen LogP contribution in [0.5, 0.6) is 0 Å². The summed E-state index contributed by atoms with van der Waals surface area (Å²) in [6.07, 6.45) is 8.68. The smallest absolute Gasteiger partial charge is 0.272 e. The van der Waals surface area contributed by atoms with E-state index in [1.807, 2.05) is 31.2 Å². The number of pyridine rings is 1. The van der Waals surface area contributed by atoms with Crippen LogP contribution in [0, 0.1) is 5.41 Å². The normalized spacial score (nSPS) is 18.2. The molecule has 0 spiro atoms. The Morgan fingerprint density at radius 3 is 2.62 bits per heavy atom. The topological polar surface area (TPSA) is 88.1 Å². The van der Waals surface area contributed by atoms with Gasteiger partial charge in [-0.15, -0.1) is 0 Å². The van der Waals surface area contributed by atoms with Gasteiger partial charge in [0.1, 0.15) is 12.0 Å². The Morgan fingerprint density at radius 1 is 1.09 bits per heavy atom. The summed E-state index contributed by atoms with van der Waals surface area (Å²) < 4.78 is 0. The number of rotatable bonds is 6. The Hall–Kier alpha value is -3.61. The van der Waals surface area contributed by atoms with Crippen molar-refractivity contribution in [1.82, 2.24) is 25.2 Å². The first kappa shape index (κ1) is 21.6. The molecule has 1 atom stereocenters. The number of amides is 2. The van der Waals surface area contributed by atoms with Crippen molar-refractivity contribution >= 4 is 11.8 Å². The monoisotopic (exact) mass is 429 g/mol. The molecule has 3 aromatic rings. The van der Waals surface area contributed by atoms with Crippen LogP contribution >= 0.6 is 0 Å². The molecule has 1 saturated heterocycles. The molecule has 2 aromatic heterocycles. The van der Waals surface area contributed by atoms with E-state index in [2.05, 4.69) is 20.3 Å². The van der Waals surface area contributed by atoms with Gasteiger partial charge in [0.05, 0.1) is 5.41 Å². The second-order valence-electron chi connectivity index (χ2n) is 8.15. The number of likely N-dealkylation sites (tertiary alicyclic amines) is 1. The molecule has 1 aliphatic heterocycles. The molecule has 1 aromatic carbocycles. The zero-order valence-corrected chi connectivity index (χ0v) is 18.2. The Labute approximate surface area is 187 Å². The lowest BCUT2D eigenvalue weighted by atomic mass is 9.73. The quantitative estimate of drug-likeness (QED) is 0.650. The molecule has 4 rings (SSSR count). The van der Waals surface area contributed by atoms with Crippen LogP contribution in [-0.4, -0.2) is 51.3 Å². The number of hydrogen-bond donors (Lipinski definition) is 1. The average Bonchev–Trinajstić information content (AvgIpc) is 2.85. The van der Waals surface area contributed by atoms with Crippen LogP contribution in [0.25, 0.3) is 11.1 Å². The Balaban J connectivity index is 1.68. The lowest BCUT2D eigenvalue weighted by Gasteiger charge is -2.42. The van der Waals surface area contributed by atoms with Crippen LogP contribution in [0.1, 0.15) is 35.8 Å². The van der Waals surface area contributed by atoms with Crippen molar-refractivity contribution in [2.45, 2.75) is 26.2 Å². The third-order valence-electron chi connectivity index (χ3n) is 5.98. The van der Waals surface area contributed by atoms with E-state index in [0.717, 1.165) is 23.1 Å². The minimum absolute atomic E-state index is 0.0161.